The summed E-state index contributed by atoms with van der Waals surface area (Å²) in [4.78, 5) is 14.2. The number of hydrogen-bond donors (Lipinski definition) is 0. The standard InChI is InChI=1S/C31H39NO2/c1-19-8-28-26(12-24(19)18-33)20(2)14-30(3,4)32(28)25-6-7-29(34-5)27(13-25)31-15-21-9-22(16-31)11-23(10-21)17-31/h6-8,12-13,18,20-23H,9-11,14-17H2,1-5H3. The first-order valence-electron chi connectivity index (χ1n) is 13.3. The highest BCUT2D eigenvalue weighted by Gasteiger charge is 2.52. The van der Waals surface area contributed by atoms with Crippen molar-refractivity contribution >= 4 is 17.7 Å². The van der Waals surface area contributed by atoms with Gasteiger partial charge in [0.2, 0.25) is 0 Å². The van der Waals surface area contributed by atoms with Crippen molar-refractivity contribution in [2.24, 2.45) is 17.8 Å². The highest BCUT2D eigenvalue weighted by molar-refractivity contribution is 5.82. The molecular formula is C31H39NO2. The number of fused-ring (bicyclic) bond motifs is 1. The minimum absolute atomic E-state index is 0.0190. The van der Waals surface area contributed by atoms with E-state index >= 15 is 0 Å². The smallest absolute Gasteiger partial charge is 0.150 e. The van der Waals surface area contributed by atoms with E-state index in [9.17, 15) is 4.79 Å². The summed E-state index contributed by atoms with van der Waals surface area (Å²) in [6.07, 6.45) is 10.4. The zero-order valence-electron chi connectivity index (χ0n) is 21.5. The van der Waals surface area contributed by atoms with Gasteiger partial charge < -0.3 is 9.64 Å². The summed E-state index contributed by atoms with van der Waals surface area (Å²) >= 11 is 0. The van der Waals surface area contributed by atoms with Crippen LogP contribution in [0.5, 0.6) is 5.75 Å². The average molecular weight is 458 g/mol. The monoisotopic (exact) mass is 457 g/mol. The number of nitrogens with zero attached hydrogens (tertiary/aromatic N) is 1. The topological polar surface area (TPSA) is 29.5 Å². The molecule has 2 aromatic carbocycles. The Balaban J connectivity index is 1.50. The summed E-state index contributed by atoms with van der Waals surface area (Å²) < 4.78 is 6.01. The largest absolute Gasteiger partial charge is 0.496 e. The van der Waals surface area contributed by atoms with Crippen molar-refractivity contribution in [2.45, 2.75) is 89.5 Å². The molecule has 3 nitrogen and oxygen atoms in total. The molecule has 180 valence electrons. The van der Waals surface area contributed by atoms with Gasteiger partial charge in [0.05, 0.1) is 7.11 Å². The summed E-state index contributed by atoms with van der Waals surface area (Å²) in [6.45, 7) is 9.09. The second-order valence-corrected chi connectivity index (χ2v) is 12.7. The molecule has 7 rings (SSSR count). The third kappa shape index (κ3) is 3.26. The number of hydrogen-bond acceptors (Lipinski definition) is 3. The minimum Gasteiger partial charge on any atom is -0.496 e. The molecule has 34 heavy (non-hydrogen) atoms. The van der Waals surface area contributed by atoms with Crippen molar-refractivity contribution in [2.75, 3.05) is 12.0 Å². The maximum atomic E-state index is 11.7. The Labute approximate surface area is 204 Å². The number of aldehydes is 1. The summed E-state index contributed by atoms with van der Waals surface area (Å²) in [5, 5.41) is 0. The Hall–Kier alpha value is -2.29. The molecule has 0 aromatic heterocycles. The van der Waals surface area contributed by atoms with Gasteiger partial charge in [-0.2, -0.15) is 0 Å². The Morgan fingerprint density at radius 3 is 2.21 bits per heavy atom. The van der Waals surface area contributed by atoms with E-state index in [0.29, 0.717) is 5.92 Å². The molecule has 0 amide bonds. The number of ether oxygens (including phenoxy) is 1. The van der Waals surface area contributed by atoms with E-state index in [-0.39, 0.29) is 11.0 Å². The van der Waals surface area contributed by atoms with Crippen LogP contribution in [-0.2, 0) is 5.41 Å². The number of anilines is 2. The molecule has 3 heteroatoms. The minimum atomic E-state index is -0.0190. The van der Waals surface area contributed by atoms with E-state index < -0.39 is 0 Å². The van der Waals surface area contributed by atoms with Gasteiger partial charge >= 0.3 is 0 Å². The second kappa shape index (κ2) is 7.60. The Kier molecular flexibility index (Phi) is 4.96. The normalized spacial score (nSPS) is 33.0. The highest BCUT2D eigenvalue weighted by atomic mass is 16.5. The van der Waals surface area contributed by atoms with Gasteiger partial charge in [0.25, 0.3) is 0 Å². The molecule has 4 saturated carbocycles. The summed E-state index contributed by atoms with van der Waals surface area (Å²) in [5.74, 6) is 4.19. The van der Waals surface area contributed by atoms with Crippen molar-refractivity contribution in [3.8, 4) is 5.75 Å². The second-order valence-electron chi connectivity index (χ2n) is 12.7. The van der Waals surface area contributed by atoms with Crippen LogP contribution in [0, 0.1) is 24.7 Å². The van der Waals surface area contributed by atoms with Crippen molar-refractivity contribution in [1.82, 2.24) is 0 Å². The first-order chi connectivity index (χ1) is 16.2. The van der Waals surface area contributed by atoms with Gasteiger partial charge in [-0.15, -0.1) is 0 Å². The molecule has 5 aliphatic rings. The SMILES string of the molecule is COc1ccc(N2c3cc(C)c(C=O)cc3C(C)CC2(C)C)cc1C12CC3CC(CC(C3)C1)C2. The van der Waals surface area contributed by atoms with Crippen LogP contribution in [0.2, 0.25) is 0 Å². The van der Waals surface area contributed by atoms with Crippen LogP contribution < -0.4 is 9.64 Å². The summed E-state index contributed by atoms with van der Waals surface area (Å²) in [5.41, 5.74) is 7.39. The van der Waals surface area contributed by atoms with E-state index in [1.54, 1.807) is 0 Å². The van der Waals surface area contributed by atoms with E-state index in [0.717, 1.165) is 47.3 Å². The Morgan fingerprint density at radius 2 is 1.62 bits per heavy atom. The van der Waals surface area contributed by atoms with Crippen molar-refractivity contribution < 1.29 is 9.53 Å². The third-order valence-corrected chi connectivity index (χ3v) is 9.78. The number of aryl methyl sites for hydroxylation is 1. The van der Waals surface area contributed by atoms with E-state index in [1.807, 2.05) is 7.11 Å². The van der Waals surface area contributed by atoms with Gasteiger partial charge in [-0.05, 0) is 136 Å². The van der Waals surface area contributed by atoms with Gasteiger partial charge in [-0.3, -0.25) is 4.79 Å². The zero-order chi connectivity index (χ0) is 23.8. The van der Waals surface area contributed by atoms with Crippen molar-refractivity contribution in [3.63, 3.8) is 0 Å². The molecule has 0 N–H and O–H groups in total. The quantitative estimate of drug-likeness (QED) is 0.440. The molecule has 1 heterocycles. The third-order valence-electron chi connectivity index (χ3n) is 9.78. The van der Waals surface area contributed by atoms with E-state index in [1.165, 1.54) is 61.0 Å². The van der Waals surface area contributed by atoms with Crippen LogP contribution in [0.15, 0.2) is 30.3 Å². The maximum Gasteiger partial charge on any atom is 0.150 e. The van der Waals surface area contributed by atoms with Crippen LogP contribution in [-0.4, -0.2) is 18.9 Å². The lowest BCUT2D eigenvalue weighted by molar-refractivity contribution is -0.00614. The van der Waals surface area contributed by atoms with Crippen LogP contribution in [0.25, 0.3) is 0 Å². The molecule has 4 fully saturated rings. The fraction of sp³-hybridized carbons (Fsp3) is 0.581. The van der Waals surface area contributed by atoms with Crippen molar-refractivity contribution in [1.29, 1.82) is 0 Å². The number of rotatable bonds is 4. The van der Waals surface area contributed by atoms with Crippen LogP contribution in [0.1, 0.15) is 98.7 Å². The first-order valence-corrected chi connectivity index (χ1v) is 13.3. The molecule has 4 bridgehead atoms. The summed E-state index contributed by atoms with van der Waals surface area (Å²) in [6, 6.07) is 11.3. The maximum absolute atomic E-state index is 11.7. The molecule has 0 saturated heterocycles. The lowest BCUT2D eigenvalue weighted by atomic mass is 9.48. The molecule has 0 spiro atoms. The molecule has 1 aliphatic heterocycles. The van der Waals surface area contributed by atoms with Gasteiger partial charge in [0.1, 0.15) is 12.0 Å². The number of carbonyl (C=O) groups is 1. The fourth-order valence-electron chi connectivity index (χ4n) is 8.90. The molecule has 2 aromatic rings. The van der Waals surface area contributed by atoms with Crippen LogP contribution in [0.3, 0.4) is 0 Å². The van der Waals surface area contributed by atoms with Gasteiger partial charge in [-0.25, -0.2) is 0 Å². The lowest BCUT2D eigenvalue weighted by Crippen LogP contribution is -2.49. The van der Waals surface area contributed by atoms with E-state index in [2.05, 4.69) is 62.9 Å². The predicted molar refractivity (Wildman–Crippen MR) is 139 cm³/mol. The molecule has 1 atom stereocenters. The zero-order valence-corrected chi connectivity index (χ0v) is 21.5. The molecule has 4 aliphatic carbocycles. The Morgan fingerprint density at radius 1 is 0.971 bits per heavy atom. The number of benzene rings is 2. The first kappa shape index (κ1) is 22.2. The van der Waals surface area contributed by atoms with E-state index in [4.69, 9.17) is 4.74 Å². The van der Waals surface area contributed by atoms with Crippen LogP contribution >= 0.6 is 0 Å². The molecule has 1 unspecified atom stereocenters. The molecular weight excluding hydrogens is 418 g/mol. The summed E-state index contributed by atoms with van der Waals surface area (Å²) in [7, 11) is 1.84. The molecule has 0 radical (unpaired) electrons. The number of methoxy groups -OCH3 is 1. The Bertz CT molecular complexity index is 1110. The van der Waals surface area contributed by atoms with Gasteiger partial charge in [0, 0.05) is 28.0 Å². The van der Waals surface area contributed by atoms with Crippen molar-refractivity contribution in [3.05, 3.63) is 52.6 Å². The fourth-order valence-corrected chi connectivity index (χ4v) is 8.90. The predicted octanol–water partition coefficient (Wildman–Crippen LogP) is 7.71. The van der Waals surface area contributed by atoms with Gasteiger partial charge in [0.15, 0.2) is 0 Å². The average Bonchev–Trinajstić information content (AvgIpc) is 2.77. The highest BCUT2D eigenvalue weighted by Crippen LogP contribution is 2.62. The van der Waals surface area contributed by atoms with Gasteiger partial charge in [-0.1, -0.05) is 6.92 Å². The van der Waals surface area contributed by atoms with Crippen LogP contribution in [0.4, 0.5) is 11.4 Å². The lowest BCUT2D eigenvalue weighted by Gasteiger charge is -2.57. The number of carbonyl (C=O) groups excluding carboxylic acids is 1.